The Morgan fingerprint density at radius 3 is 2.46 bits per heavy atom. The fourth-order valence-corrected chi connectivity index (χ4v) is 2.52. The summed E-state index contributed by atoms with van der Waals surface area (Å²) in [6.45, 7) is 1.94. The van der Waals surface area contributed by atoms with Crippen LogP contribution in [-0.4, -0.2) is 10.9 Å². The molecule has 1 aromatic heterocycles. The Hall–Kier alpha value is -3.65. The summed E-state index contributed by atoms with van der Waals surface area (Å²) in [7, 11) is 0. The maximum absolute atomic E-state index is 12.5. The maximum Gasteiger partial charge on any atom is 0.270 e. The lowest BCUT2D eigenvalue weighted by atomic mass is 10.1. The lowest BCUT2D eigenvalue weighted by Gasteiger charge is -2.14. The Labute approximate surface area is 152 Å². The quantitative estimate of drug-likeness (QED) is 0.729. The number of hydrogen-bond donors (Lipinski definition) is 2. The van der Waals surface area contributed by atoms with Crippen molar-refractivity contribution in [2.24, 2.45) is 0 Å². The van der Waals surface area contributed by atoms with E-state index < -0.39 is 0 Å². The van der Waals surface area contributed by atoms with Gasteiger partial charge in [-0.15, -0.1) is 0 Å². The van der Waals surface area contributed by atoms with Gasteiger partial charge in [0.1, 0.15) is 5.69 Å². The third-order valence-corrected chi connectivity index (χ3v) is 3.94. The summed E-state index contributed by atoms with van der Waals surface area (Å²) in [6, 6.07) is 22.3. The number of hydrogen-bond acceptors (Lipinski definition) is 4. The first-order chi connectivity index (χ1) is 12.7. The van der Waals surface area contributed by atoms with Gasteiger partial charge in [-0.05, 0) is 48.9 Å². The summed E-state index contributed by atoms with van der Waals surface area (Å²) in [4.78, 5) is 16.6. The van der Waals surface area contributed by atoms with Crippen LogP contribution in [0.4, 0.5) is 11.4 Å². The van der Waals surface area contributed by atoms with Crippen molar-refractivity contribution >= 4 is 17.3 Å². The highest BCUT2D eigenvalue weighted by atomic mass is 16.1. The van der Waals surface area contributed by atoms with E-state index in [4.69, 9.17) is 5.26 Å². The molecule has 0 aliphatic carbocycles. The first-order valence-corrected chi connectivity index (χ1v) is 8.25. The maximum atomic E-state index is 12.5. The molecule has 0 spiro atoms. The smallest absolute Gasteiger partial charge is 0.270 e. The molecule has 0 saturated heterocycles. The molecule has 5 heteroatoms. The molecule has 0 aliphatic rings. The largest absolute Gasteiger partial charge is 0.355 e. The highest BCUT2D eigenvalue weighted by molar-refractivity contribution is 5.93. The van der Waals surface area contributed by atoms with E-state index in [1.165, 1.54) is 0 Å². The van der Waals surface area contributed by atoms with Gasteiger partial charge in [0.15, 0.2) is 0 Å². The molecule has 5 nitrogen and oxygen atoms in total. The van der Waals surface area contributed by atoms with Crippen molar-refractivity contribution < 1.29 is 4.79 Å². The fourth-order valence-electron chi connectivity index (χ4n) is 2.52. The van der Waals surface area contributed by atoms with E-state index in [1.807, 2.05) is 49.4 Å². The van der Waals surface area contributed by atoms with Gasteiger partial charge in [0, 0.05) is 17.6 Å². The van der Waals surface area contributed by atoms with Gasteiger partial charge < -0.3 is 10.6 Å². The van der Waals surface area contributed by atoms with Crippen LogP contribution in [0.2, 0.25) is 0 Å². The van der Waals surface area contributed by atoms with Crippen molar-refractivity contribution in [1.82, 2.24) is 10.3 Å². The molecular weight excluding hydrogens is 324 g/mol. The van der Waals surface area contributed by atoms with E-state index in [0.717, 1.165) is 16.9 Å². The molecule has 3 rings (SSSR count). The Bertz CT molecular complexity index is 930. The standard InChI is InChI=1S/C21H18N4O/c1-15(17-5-3-2-4-6-17)24-21(26)20-13-19(11-12-23-20)25-18-9-7-16(14-22)8-10-18/h2-13,15H,1H3,(H,23,25)(H,24,26). The number of amides is 1. The van der Waals surface area contributed by atoms with E-state index in [2.05, 4.69) is 21.7 Å². The van der Waals surface area contributed by atoms with Gasteiger partial charge in [-0.2, -0.15) is 5.26 Å². The highest BCUT2D eigenvalue weighted by Gasteiger charge is 2.13. The van der Waals surface area contributed by atoms with Gasteiger partial charge in [-0.25, -0.2) is 0 Å². The van der Waals surface area contributed by atoms with Crippen LogP contribution in [0.25, 0.3) is 0 Å². The van der Waals surface area contributed by atoms with Crippen LogP contribution < -0.4 is 10.6 Å². The molecule has 0 aliphatic heterocycles. The normalized spacial score (nSPS) is 11.2. The Kier molecular flexibility index (Phi) is 5.25. The van der Waals surface area contributed by atoms with E-state index in [1.54, 1.807) is 30.5 Å². The summed E-state index contributed by atoms with van der Waals surface area (Å²) >= 11 is 0. The minimum absolute atomic E-state index is 0.111. The molecule has 1 heterocycles. The minimum Gasteiger partial charge on any atom is -0.355 e. The number of nitrogens with one attached hydrogen (secondary N) is 2. The second kappa shape index (κ2) is 7.95. The zero-order valence-electron chi connectivity index (χ0n) is 14.3. The number of aromatic nitrogens is 1. The van der Waals surface area contributed by atoms with E-state index in [9.17, 15) is 4.79 Å². The van der Waals surface area contributed by atoms with Gasteiger partial charge in [0.25, 0.3) is 5.91 Å². The third kappa shape index (κ3) is 4.25. The first kappa shape index (κ1) is 17.2. The van der Waals surface area contributed by atoms with Gasteiger partial charge in [0.05, 0.1) is 17.7 Å². The van der Waals surface area contributed by atoms with E-state index in [0.29, 0.717) is 11.3 Å². The third-order valence-electron chi connectivity index (χ3n) is 3.94. The number of benzene rings is 2. The molecule has 1 amide bonds. The average Bonchev–Trinajstić information content (AvgIpc) is 2.69. The molecule has 3 aromatic rings. The van der Waals surface area contributed by atoms with Crippen LogP contribution in [0.3, 0.4) is 0 Å². The van der Waals surface area contributed by atoms with Crippen molar-refractivity contribution in [1.29, 1.82) is 5.26 Å². The van der Waals surface area contributed by atoms with Crippen molar-refractivity contribution in [3.05, 3.63) is 89.7 Å². The van der Waals surface area contributed by atoms with Gasteiger partial charge in [-0.3, -0.25) is 9.78 Å². The molecule has 0 radical (unpaired) electrons. The van der Waals surface area contributed by atoms with E-state index in [-0.39, 0.29) is 11.9 Å². The number of carbonyl (C=O) groups is 1. The van der Waals surface area contributed by atoms with E-state index >= 15 is 0 Å². The lowest BCUT2D eigenvalue weighted by molar-refractivity contribution is 0.0935. The van der Waals surface area contributed by atoms with Crippen molar-refractivity contribution in [3.63, 3.8) is 0 Å². The Balaban J connectivity index is 1.70. The van der Waals surface area contributed by atoms with Crippen LogP contribution in [-0.2, 0) is 0 Å². The molecule has 2 aromatic carbocycles. The molecule has 128 valence electrons. The summed E-state index contributed by atoms with van der Waals surface area (Å²) in [5.74, 6) is -0.232. The molecule has 1 unspecified atom stereocenters. The highest BCUT2D eigenvalue weighted by Crippen LogP contribution is 2.18. The minimum atomic E-state index is -0.232. The number of nitriles is 1. The summed E-state index contributed by atoms with van der Waals surface area (Å²) in [5.41, 5.74) is 3.56. The summed E-state index contributed by atoms with van der Waals surface area (Å²) in [5, 5.41) is 15.0. The zero-order chi connectivity index (χ0) is 18.4. The van der Waals surface area contributed by atoms with Gasteiger partial charge in [0.2, 0.25) is 0 Å². The van der Waals surface area contributed by atoms with Crippen LogP contribution in [0.1, 0.15) is 34.6 Å². The first-order valence-electron chi connectivity index (χ1n) is 8.25. The molecule has 2 N–H and O–H groups in total. The van der Waals surface area contributed by atoms with Crippen molar-refractivity contribution in [2.75, 3.05) is 5.32 Å². The van der Waals surface area contributed by atoms with Crippen LogP contribution in [0, 0.1) is 11.3 Å². The molecule has 0 saturated carbocycles. The second-order valence-corrected chi connectivity index (χ2v) is 5.85. The molecular formula is C21H18N4O. The Morgan fingerprint density at radius 1 is 1.04 bits per heavy atom. The summed E-state index contributed by atoms with van der Waals surface area (Å²) < 4.78 is 0. The molecule has 26 heavy (non-hydrogen) atoms. The zero-order valence-corrected chi connectivity index (χ0v) is 14.3. The number of carbonyl (C=O) groups excluding carboxylic acids is 1. The predicted molar refractivity (Wildman–Crippen MR) is 101 cm³/mol. The van der Waals surface area contributed by atoms with Crippen LogP contribution in [0.15, 0.2) is 72.9 Å². The fraction of sp³-hybridized carbons (Fsp3) is 0.0952. The number of nitrogens with zero attached hydrogens (tertiary/aromatic N) is 2. The second-order valence-electron chi connectivity index (χ2n) is 5.85. The van der Waals surface area contributed by atoms with Crippen molar-refractivity contribution in [3.8, 4) is 6.07 Å². The molecule has 0 fully saturated rings. The SMILES string of the molecule is CC(NC(=O)c1cc(Nc2ccc(C#N)cc2)ccn1)c1ccccc1. The summed E-state index contributed by atoms with van der Waals surface area (Å²) in [6.07, 6.45) is 1.59. The number of pyridine rings is 1. The van der Waals surface area contributed by atoms with Crippen LogP contribution in [0.5, 0.6) is 0 Å². The number of rotatable bonds is 5. The van der Waals surface area contributed by atoms with Gasteiger partial charge >= 0.3 is 0 Å². The van der Waals surface area contributed by atoms with Gasteiger partial charge in [-0.1, -0.05) is 30.3 Å². The monoisotopic (exact) mass is 342 g/mol. The predicted octanol–water partition coefficient (Wildman–Crippen LogP) is 4.19. The van der Waals surface area contributed by atoms with Crippen LogP contribution >= 0.6 is 0 Å². The molecule has 0 bridgehead atoms. The topological polar surface area (TPSA) is 77.8 Å². The number of anilines is 2. The lowest BCUT2D eigenvalue weighted by Crippen LogP contribution is -2.27. The van der Waals surface area contributed by atoms with Crippen molar-refractivity contribution in [2.45, 2.75) is 13.0 Å². The Morgan fingerprint density at radius 2 is 1.77 bits per heavy atom. The average molecular weight is 342 g/mol. The molecule has 1 atom stereocenters.